The first-order valence-corrected chi connectivity index (χ1v) is 6.76. The van der Waals surface area contributed by atoms with Crippen LogP contribution in [0.15, 0.2) is 16.7 Å². The van der Waals surface area contributed by atoms with Crippen LogP contribution in [0.4, 0.5) is 5.82 Å². The van der Waals surface area contributed by atoms with E-state index in [0.29, 0.717) is 0 Å². The summed E-state index contributed by atoms with van der Waals surface area (Å²) in [7, 11) is 0. The van der Waals surface area contributed by atoms with Crippen LogP contribution in [0.3, 0.4) is 0 Å². The highest BCUT2D eigenvalue weighted by Crippen LogP contribution is 2.27. The third-order valence-corrected chi connectivity index (χ3v) is 3.89. The molecule has 1 aromatic rings. The predicted molar refractivity (Wildman–Crippen MR) is 73.9 cm³/mol. The molecular formula is C13H21BrN2. The first-order valence-electron chi connectivity index (χ1n) is 5.97. The van der Waals surface area contributed by atoms with Crippen molar-refractivity contribution < 1.29 is 0 Å². The number of hydrogen-bond acceptors (Lipinski definition) is 2. The van der Waals surface area contributed by atoms with E-state index in [4.69, 9.17) is 0 Å². The number of hydrogen-bond donors (Lipinski definition) is 1. The molecule has 2 nitrogen and oxygen atoms in total. The minimum Gasteiger partial charge on any atom is -0.364 e. The second-order valence-electron chi connectivity index (χ2n) is 4.29. The largest absolute Gasteiger partial charge is 0.364 e. The summed E-state index contributed by atoms with van der Waals surface area (Å²) in [6.07, 6.45) is 5.21. The average Bonchev–Trinajstić information content (AvgIpc) is 2.29. The fourth-order valence-corrected chi connectivity index (χ4v) is 2.38. The highest BCUT2D eigenvalue weighted by atomic mass is 79.9. The Labute approximate surface area is 107 Å². The predicted octanol–water partition coefficient (Wildman–Crippen LogP) is 4.53. The standard InChI is InChI=1S/C13H21BrN2/c1-5-13(6-2,7-3)16-12-10(4)8-11(14)9-15-12/h8-9H,5-7H2,1-4H3,(H,15,16). The number of nitrogens with one attached hydrogen (secondary N) is 1. The molecule has 0 fully saturated rings. The van der Waals surface area contributed by atoms with Crippen LogP contribution in [0.5, 0.6) is 0 Å². The van der Waals surface area contributed by atoms with Crippen LogP contribution >= 0.6 is 15.9 Å². The number of pyridine rings is 1. The fraction of sp³-hybridized carbons (Fsp3) is 0.615. The lowest BCUT2D eigenvalue weighted by atomic mass is 9.89. The monoisotopic (exact) mass is 284 g/mol. The van der Waals surface area contributed by atoms with Gasteiger partial charge in [-0.15, -0.1) is 0 Å². The van der Waals surface area contributed by atoms with Crippen LogP contribution in [-0.4, -0.2) is 10.5 Å². The Hall–Kier alpha value is -0.570. The van der Waals surface area contributed by atoms with Gasteiger partial charge in [0, 0.05) is 16.2 Å². The molecule has 0 aliphatic rings. The number of nitrogens with zero attached hydrogens (tertiary/aromatic N) is 1. The van der Waals surface area contributed by atoms with E-state index in [9.17, 15) is 0 Å². The van der Waals surface area contributed by atoms with Crippen LogP contribution in [-0.2, 0) is 0 Å². The van der Waals surface area contributed by atoms with Gasteiger partial charge in [-0.05, 0) is 53.7 Å². The Morgan fingerprint density at radius 1 is 1.25 bits per heavy atom. The summed E-state index contributed by atoms with van der Waals surface area (Å²) in [5, 5.41) is 3.61. The highest BCUT2D eigenvalue weighted by Gasteiger charge is 2.24. The Balaban J connectivity index is 2.93. The quantitative estimate of drug-likeness (QED) is 0.859. The number of anilines is 1. The van der Waals surface area contributed by atoms with E-state index < -0.39 is 0 Å². The van der Waals surface area contributed by atoms with E-state index >= 15 is 0 Å². The van der Waals surface area contributed by atoms with E-state index in [1.54, 1.807) is 0 Å². The summed E-state index contributed by atoms with van der Waals surface area (Å²) in [4.78, 5) is 4.45. The molecule has 90 valence electrons. The zero-order valence-electron chi connectivity index (χ0n) is 10.6. The fourth-order valence-electron chi connectivity index (χ4n) is 1.94. The lowest BCUT2D eigenvalue weighted by molar-refractivity contribution is 0.418. The summed E-state index contributed by atoms with van der Waals surface area (Å²) in [5.41, 5.74) is 1.38. The number of aromatic nitrogens is 1. The third-order valence-electron chi connectivity index (χ3n) is 3.46. The molecule has 16 heavy (non-hydrogen) atoms. The Kier molecular flexibility index (Phi) is 4.78. The molecule has 0 bridgehead atoms. The summed E-state index contributed by atoms with van der Waals surface area (Å²) < 4.78 is 1.03. The summed E-state index contributed by atoms with van der Waals surface area (Å²) in [6.45, 7) is 8.78. The molecule has 0 aliphatic heterocycles. The maximum absolute atomic E-state index is 4.45. The Morgan fingerprint density at radius 3 is 2.25 bits per heavy atom. The maximum atomic E-state index is 4.45. The van der Waals surface area contributed by atoms with Gasteiger partial charge in [-0.1, -0.05) is 20.8 Å². The van der Waals surface area contributed by atoms with E-state index in [-0.39, 0.29) is 5.54 Å². The van der Waals surface area contributed by atoms with Gasteiger partial charge < -0.3 is 5.32 Å². The van der Waals surface area contributed by atoms with E-state index in [0.717, 1.165) is 29.6 Å². The lowest BCUT2D eigenvalue weighted by Crippen LogP contribution is -2.36. The minimum atomic E-state index is 0.186. The van der Waals surface area contributed by atoms with Crippen molar-refractivity contribution in [3.63, 3.8) is 0 Å². The van der Waals surface area contributed by atoms with Crippen LogP contribution in [0, 0.1) is 6.92 Å². The highest BCUT2D eigenvalue weighted by molar-refractivity contribution is 9.10. The van der Waals surface area contributed by atoms with Crippen molar-refractivity contribution in [1.29, 1.82) is 0 Å². The molecular weight excluding hydrogens is 264 g/mol. The van der Waals surface area contributed by atoms with Crippen LogP contribution in [0.1, 0.15) is 45.6 Å². The third kappa shape index (κ3) is 2.97. The molecule has 0 aromatic carbocycles. The van der Waals surface area contributed by atoms with E-state index in [1.165, 1.54) is 5.56 Å². The Morgan fingerprint density at radius 2 is 1.81 bits per heavy atom. The normalized spacial score (nSPS) is 11.6. The van der Waals surface area contributed by atoms with Gasteiger partial charge in [-0.25, -0.2) is 4.98 Å². The maximum Gasteiger partial charge on any atom is 0.129 e. The molecule has 0 unspecified atom stereocenters. The Bertz CT molecular complexity index is 338. The van der Waals surface area contributed by atoms with Gasteiger partial charge in [0.15, 0.2) is 0 Å². The zero-order chi connectivity index (χ0) is 12.2. The molecule has 3 heteroatoms. The van der Waals surface area contributed by atoms with Gasteiger partial charge in [0.2, 0.25) is 0 Å². The summed E-state index contributed by atoms with van der Waals surface area (Å²) in [6, 6.07) is 2.10. The zero-order valence-corrected chi connectivity index (χ0v) is 12.2. The molecule has 0 spiro atoms. The first-order chi connectivity index (χ1) is 7.56. The molecule has 0 saturated carbocycles. The molecule has 0 amide bonds. The summed E-state index contributed by atoms with van der Waals surface area (Å²) in [5.74, 6) is 1.01. The molecule has 1 heterocycles. The van der Waals surface area contributed by atoms with Crippen molar-refractivity contribution in [1.82, 2.24) is 4.98 Å². The van der Waals surface area contributed by atoms with Gasteiger partial charge in [0.25, 0.3) is 0 Å². The molecule has 1 aromatic heterocycles. The molecule has 0 saturated heterocycles. The SMILES string of the molecule is CCC(CC)(CC)Nc1ncc(Br)cc1C. The van der Waals surface area contributed by atoms with Crippen molar-refractivity contribution in [3.05, 3.63) is 22.3 Å². The van der Waals surface area contributed by atoms with Crippen LogP contribution < -0.4 is 5.32 Å². The lowest BCUT2D eigenvalue weighted by Gasteiger charge is -2.33. The molecule has 1 N–H and O–H groups in total. The number of rotatable bonds is 5. The van der Waals surface area contributed by atoms with Crippen molar-refractivity contribution in [2.75, 3.05) is 5.32 Å². The topological polar surface area (TPSA) is 24.9 Å². The van der Waals surface area contributed by atoms with Crippen LogP contribution in [0.25, 0.3) is 0 Å². The minimum absolute atomic E-state index is 0.186. The number of halogens is 1. The second-order valence-corrected chi connectivity index (χ2v) is 5.20. The molecule has 0 atom stereocenters. The van der Waals surface area contributed by atoms with Crippen molar-refractivity contribution in [3.8, 4) is 0 Å². The van der Waals surface area contributed by atoms with Crippen molar-refractivity contribution >= 4 is 21.7 Å². The van der Waals surface area contributed by atoms with Crippen molar-refractivity contribution in [2.45, 2.75) is 52.5 Å². The van der Waals surface area contributed by atoms with Gasteiger partial charge in [0.05, 0.1) is 0 Å². The van der Waals surface area contributed by atoms with Gasteiger partial charge in [-0.3, -0.25) is 0 Å². The first kappa shape index (κ1) is 13.5. The van der Waals surface area contributed by atoms with Gasteiger partial charge in [-0.2, -0.15) is 0 Å². The average molecular weight is 285 g/mol. The van der Waals surface area contributed by atoms with Gasteiger partial charge >= 0.3 is 0 Å². The van der Waals surface area contributed by atoms with E-state index in [1.807, 2.05) is 6.20 Å². The van der Waals surface area contributed by atoms with Crippen LogP contribution in [0.2, 0.25) is 0 Å². The van der Waals surface area contributed by atoms with E-state index in [2.05, 4.69) is 60.0 Å². The molecule has 0 radical (unpaired) electrons. The van der Waals surface area contributed by atoms with Gasteiger partial charge in [0.1, 0.15) is 5.82 Å². The summed E-state index contributed by atoms with van der Waals surface area (Å²) >= 11 is 3.44. The number of aryl methyl sites for hydroxylation is 1. The molecule has 0 aliphatic carbocycles. The smallest absolute Gasteiger partial charge is 0.129 e. The second kappa shape index (κ2) is 5.67. The molecule has 1 rings (SSSR count). The van der Waals surface area contributed by atoms with Crippen molar-refractivity contribution in [2.24, 2.45) is 0 Å².